The molecule has 0 rings (SSSR count). The molecule has 0 aliphatic rings. The molecule has 0 aromatic rings. The summed E-state index contributed by atoms with van der Waals surface area (Å²) in [6, 6.07) is 0. The van der Waals surface area contributed by atoms with E-state index in [1.54, 1.807) is 0 Å². The van der Waals surface area contributed by atoms with E-state index in [0.717, 1.165) is 25.7 Å². The number of hydrogen-bond acceptors (Lipinski definition) is 4. The highest BCUT2D eigenvalue weighted by atomic mass is 17.2. The average molecular weight is 282 g/mol. The van der Waals surface area contributed by atoms with Crippen LogP contribution < -0.4 is 0 Å². The SMILES string of the molecule is CCCC=C(CC)C(=O)OOC(=O)C(=CCCC)CC. The van der Waals surface area contributed by atoms with Crippen molar-refractivity contribution in [3.05, 3.63) is 23.3 Å². The molecule has 0 bridgehead atoms. The molecule has 20 heavy (non-hydrogen) atoms. The molecule has 0 aliphatic carbocycles. The molecule has 4 nitrogen and oxygen atoms in total. The third-order valence-corrected chi connectivity index (χ3v) is 2.84. The Hall–Kier alpha value is -1.58. The van der Waals surface area contributed by atoms with Gasteiger partial charge in [0, 0.05) is 11.1 Å². The standard InChI is InChI=1S/C16H26O4/c1-5-9-11-13(7-3)15(17)19-20-16(18)14(8-4)12-10-6-2/h11-12H,5-10H2,1-4H3. The molecule has 0 saturated carbocycles. The fourth-order valence-corrected chi connectivity index (χ4v) is 1.56. The smallest absolute Gasteiger partial charge is 0.242 e. The molecule has 4 heteroatoms. The minimum Gasteiger partial charge on any atom is -0.242 e. The van der Waals surface area contributed by atoms with Crippen LogP contribution in [0, 0.1) is 0 Å². The van der Waals surface area contributed by atoms with E-state index in [1.807, 2.05) is 39.8 Å². The van der Waals surface area contributed by atoms with Crippen molar-refractivity contribution < 1.29 is 19.4 Å². The third kappa shape index (κ3) is 7.12. The first kappa shape index (κ1) is 18.4. The first-order chi connectivity index (χ1) is 9.60. The lowest BCUT2D eigenvalue weighted by atomic mass is 10.1. The first-order valence-corrected chi connectivity index (χ1v) is 7.41. The Bertz CT molecular complexity index is 331. The molecule has 0 unspecified atom stereocenters. The maximum Gasteiger partial charge on any atom is 0.382 e. The van der Waals surface area contributed by atoms with Crippen molar-refractivity contribution in [1.82, 2.24) is 0 Å². The molecule has 0 saturated heterocycles. The zero-order chi connectivity index (χ0) is 15.4. The Morgan fingerprint density at radius 2 is 1.10 bits per heavy atom. The van der Waals surface area contributed by atoms with E-state index in [0.29, 0.717) is 24.0 Å². The number of unbranched alkanes of at least 4 members (excludes halogenated alkanes) is 2. The van der Waals surface area contributed by atoms with E-state index in [2.05, 4.69) is 9.78 Å². The van der Waals surface area contributed by atoms with E-state index in [1.165, 1.54) is 0 Å². The molecule has 0 aromatic heterocycles. The first-order valence-electron chi connectivity index (χ1n) is 7.41. The monoisotopic (exact) mass is 282 g/mol. The van der Waals surface area contributed by atoms with Crippen LogP contribution >= 0.6 is 0 Å². The van der Waals surface area contributed by atoms with Gasteiger partial charge < -0.3 is 0 Å². The van der Waals surface area contributed by atoms with Crippen LogP contribution in [0.4, 0.5) is 0 Å². The molecule has 0 heterocycles. The number of carbonyl (C=O) groups is 2. The van der Waals surface area contributed by atoms with Gasteiger partial charge in [0.1, 0.15) is 0 Å². The van der Waals surface area contributed by atoms with Gasteiger partial charge in [-0.3, -0.25) is 0 Å². The Labute approximate surface area is 121 Å². The molecule has 0 aromatic carbocycles. The second-order valence-corrected chi connectivity index (χ2v) is 4.48. The molecule has 0 radical (unpaired) electrons. The van der Waals surface area contributed by atoms with E-state index in [-0.39, 0.29) is 0 Å². The van der Waals surface area contributed by atoms with Gasteiger partial charge in [-0.1, -0.05) is 52.7 Å². The molecule has 114 valence electrons. The fraction of sp³-hybridized carbons (Fsp3) is 0.625. The quantitative estimate of drug-likeness (QED) is 0.379. The summed E-state index contributed by atoms with van der Waals surface area (Å²) in [7, 11) is 0. The van der Waals surface area contributed by atoms with Crippen molar-refractivity contribution in [2.24, 2.45) is 0 Å². The highest BCUT2D eigenvalue weighted by Gasteiger charge is 2.15. The van der Waals surface area contributed by atoms with Crippen molar-refractivity contribution >= 4 is 11.9 Å². The number of rotatable bonds is 8. The average Bonchev–Trinajstić information content (AvgIpc) is 2.46. The Kier molecular flexibility index (Phi) is 10.4. The lowest BCUT2D eigenvalue weighted by molar-refractivity contribution is -0.252. The second-order valence-electron chi connectivity index (χ2n) is 4.48. The predicted octanol–water partition coefficient (Wildman–Crippen LogP) is 4.26. The topological polar surface area (TPSA) is 52.6 Å². The zero-order valence-electron chi connectivity index (χ0n) is 13.0. The molecular formula is C16H26O4. The van der Waals surface area contributed by atoms with Crippen LogP contribution in [-0.4, -0.2) is 11.9 Å². The van der Waals surface area contributed by atoms with Gasteiger partial charge in [0.15, 0.2) is 0 Å². The lowest BCUT2D eigenvalue weighted by Gasteiger charge is -2.06. The largest absolute Gasteiger partial charge is 0.382 e. The van der Waals surface area contributed by atoms with Gasteiger partial charge in [-0.25, -0.2) is 19.4 Å². The minimum absolute atomic E-state index is 0.537. The van der Waals surface area contributed by atoms with Crippen molar-refractivity contribution in [1.29, 1.82) is 0 Å². The van der Waals surface area contributed by atoms with Gasteiger partial charge in [0.05, 0.1) is 0 Å². The number of hydrogen-bond donors (Lipinski definition) is 0. The van der Waals surface area contributed by atoms with Gasteiger partial charge >= 0.3 is 11.9 Å². The Morgan fingerprint density at radius 3 is 1.35 bits per heavy atom. The van der Waals surface area contributed by atoms with E-state index in [9.17, 15) is 9.59 Å². The van der Waals surface area contributed by atoms with Gasteiger partial charge in [0.25, 0.3) is 0 Å². The van der Waals surface area contributed by atoms with Crippen LogP contribution in [0.15, 0.2) is 23.3 Å². The normalized spacial score (nSPS) is 12.2. The van der Waals surface area contributed by atoms with E-state index < -0.39 is 11.9 Å². The molecule has 0 atom stereocenters. The minimum atomic E-state index is -0.583. The molecule has 0 aliphatic heterocycles. The summed E-state index contributed by atoms with van der Waals surface area (Å²) in [6.45, 7) is 7.79. The molecular weight excluding hydrogens is 256 g/mol. The fourth-order valence-electron chi connectivity index (χ4n) is 1.56. The highest BCUT2D eigenvalue weighted by molar-refractivity contribution is 5.91. The predicted molar refractivity (Wildman–Crippen MR) is 78.7 cm³/mol. The van der Waals surface area contributed by atoms with Gasteiger partial charge in [-0.2, -0.15) is 0 Å². The van der Waals surface area contributed by atoms with E-state index in [4.69, 9.17) is 0 Å². The molecule has 0 fully saturated rings. The molecule has 0 spiro atoms. The van der Waals surface area contributed by atoms with Crippen molar-refractivity contribution in [2.45, 2.75) is 66.2 Å². The van der Waals surface area contributed by atoms with E-state index >= 15 is 0 Å². The summed E-state index contributed by atoms with van der Waals surface area (Å²) in [5.41, 5.74) is 1.07. The van der Waals surface area contributed by atoms with Gasteiger partial charge in [0.2, 0.25) is 0 Å². The Balaban J connectivity index is 4.45. The zero-order valence-corrected chi connectivity index (χ0v) is 13.0. The lowest BCUT2D eigenvalue weighted by Crippen LogP contribution is -2.14. The van der Waals surface area contributed by atoms with Crippen molar-refractivity contribution in [3.8, 4) is 0 Å². The highest BCUT2D eigenvalue weighted by Crippen LogP contribution is 2.10. The summed E-state index contributed by atoms with van der Waals surface area (Å²) < 4.78 is 0. The van der Waals surface area contributed by atoms with Gasteiger partial charge in [-0.15, -0.1) is 0 Å². The number of carbonyl (C=O) groups excluding carboxylic acids is 2. The van der Waals surface area contributed by atoms with Crippen LogP contribution in [0.2, 0.25) is 0 Å². The molecule has 0 N–H and O–H groups in total. The van der Waals surface area contributed by atoms with Crippen LogP contribution in [0.5, 0.6) is 0 Å². The third-order valence-electron chi connectivity index (χ3n) is 2.84. The second kappa shape index (κ2) is 11.3. The van der Waals surface area contributed by atoms with Crippen molar-refractivity contribution in [2.75, 3.05) is 0 Å². The maximum absolute atomic E-state index is 11.7. The molecule has 0 amide bonds. The summed E-state index contributed by atoms with van der Waals surface area (Å²) in [6.07, 6.45) is 8.29. The van der Waals surface area contributed by atoms with Crippen LogP contribution in [-0.2, 0) is 19.4 Å². The van der Waals surface area contributed by atoms with Crippen LogP contribution in [0.3, 0.4) is 0 Å². The van der Waals surface area contributed by atoms with Crippen LogP contribution in [0.25, 0.3) is 0 Å². The van der Waals surface area contributed by atoms with Crippen molar-refractivity contribution in [3.63, 3.8) is 0 Å². The summed E-state index contributed by atoms with van der Waals surface area (Å²) in [5, 5.41) is 0. The Morgan fingerprint density at radius 1 is 0.750 bits per heavy atom. The maximum atomic E-state index is 11.7. The summed E-state index contributed by atoms with van der Waals surface area (Å²) >= 11 is 0. The summed E-state index contributed by atoms with van der Waals surface area (Å²) in [4.78, 5) is 32.7. The number of allylic oxidation sites excluding steroid dienone is 2. The van der Waals surface area contributed by atoms with Gasteiger partial charge in [-0.05, 0) is 25.7 Å². The van der Waals surface area contributed by atoms with Crippen LogP contribution in [0.1, 0.15) is 66.2 Å². The summed E-state index contributed by atoms with van der Waals surface area (Å²) in [5.74, 6) is -1.17.